The van der Waals surface area contributed by atoms with Crippen molar-refractivity contribution >= 4 is 23.4 Å². The van der Waals surface area contributed by atoms with Gasteiger partial charge in [-0.3, -0.25) is 9.98 Å². The zero-order valence-corrected chi connectivity index (χ0v) is 19.3. The highest BCUT2D eigenvalue weighted by atomic mass is 16.3. The number of nitrogens with one attached hydrogen (secondary N) is 4. The Hall–Kier alpha value is -4.15. The van der Waals surface area contributed by atoms with Crippen LogP contribution in [0.25, 0.3) is 11.7 Å². The number of imidazole rings is 1. The zero-order valence-electron chi connectivity index (χ0n) is 19.3. The van der Waals surface area contributed by atoms with Gasteiger partial charge in [-0.1, -0.05) is 16.6 Å². The summed E-state index contributed by atoms with van der Waals surface area (Å²) in [6, 6.07) is 8.97. The van der Waals surface area contributed by atoms with Crippen molar-refractivity contribution in [2.24, 2.45) is 0 Å². The maximum atomic E-state index is 11.5. The van der Waals surface area contributed by atoms with Crippen LogP contribution >= 0.6 is 0 Å². The van der Waals surface area contributed by atoms with Crippen molar-refractivity contribution in [3.63, 3.8) is 0 Å². The summed E-state index contributed by atoms with van der Waals surface area (Å²) in [5, 5.41) is 18.4. The summed E-state index contributed by atoms with van der Waals surface area (Å²) >= 11 is 0. The van der Waals surface area contributed by atoms with E-state index in [0.29, 0.717) is 35.0 Å². The molecule has 6 rings (SSSR count). The minimum atomic E-state index is -0.481. The van der Waals surface area contributed by atoms with Crippen LogP contribution in [0.1, 0.15) is 43.4 Å². The van der Waals surface area contributed by atoms with Crippen molar-refractivity contribution in [2.75, 3.05) is 23.3 Å². The molecule has 35 heavy (non-hydrogen) atoms. The molecule has 2 aliphatic rings. The van der Waals surface area contributed by atoms with Gasteiger partial charge in [0.25, 0.3) is 0 Å². The summed E-state index contributed by atoms with van der Waals surface area (Å²) < 4.78 is 1.65. The van der Waals surface area contributed by atoms with Gasteiger partial charge < -0.3 is 20.3 Å². The van der Waals surface area contributed by atoms with Crippen molar-refractivity contribution in [2.45, 2.75) is 44.7 Å². The molecule has 4 heterocycles. The minimum Gasteiger partial charge on any atom is -0.493 e. The molecule has 0 spiro atoms. The molecule has 0 amide bonds. The van der Waals surface area contributed by atoms with E-state index in [1.54, 1.807) is 16.8 Å². The van der Waals surface area contributed by atoms with Gasteiger partial charge in [-0.2, -0.15) is 4.98 Å². The van der Waals surface area contributed by atoms with Crippen molar-refractivity contribution in [1.82, 2.24) is 29.5 Å². The topological polar surface area (TPSA) is 141 Å². The van der Waals surface area contributed by atoms with Crippen LogP contribution in [0.15, 0.2) is 35.3 Å². The van der Waals surface area contributed by atoms with Crippen LogP contribution in [-0.4, -0.2) is 53.8 Å². The lowest BCUT2D eigenvalue weighted by molar-refractivity contribution is -0.523. The van der Waals surface area contributed by atoms with Gasteiger partial charge >= 0.3 is 17.3 Å². The fourth-order valence-corrected chi connectivity index (χ4v) is 4.42. The molecule has 180 valence electrons. The van der Waals surface area contributed by atoms with Gasteiger partial charge in [-0.05, 0) is 60.9 Å². The number of fused-ring (bicyclic) bond motifs is 1. The number of hydrogen-bond donors (Lipinski definition) is 5. The van der Waals surface area contributed by atoms with Gasteiger partial charge in [0.2, 0.25) is 11.5 Å². The summed E-state index contributed by atoms with van der Waals surface area (Å²) in [6.07, 6.45) is 9.25. The Kier molecular flexibility index (Phi) is 5.44. The summed E-state index contributed by atoms with van der Waals surface area (Å²) in [4.78, 5) is 31.6. The van der Waals surface area contributed by atoms with Crippen LogP contribution in [-0.2, 0) is 6.54 Å². The predicted octanol–water partition coefficient (Wildman–Crippen LogP) is -0.860. The molecule has 11 nitrogen and oxygen atoms in total. The van der Waals surface area contributed by atoms with Crippen molar-refractivity contribution in [1.29, 1.82) is 0 Å². The normalized spacial score (nSPS) is 17.4. The second kappa shape index (κ2) is 8.90. The molecule has 0 bridgehead atoms. The van der Waals surface area contributed by atoms with Gasteiger partial charge in [0.1, 0.15) is 5.69 Å². The van der Waals surface area contributed by atoms with Crippen molar-refractivity contribution < 1.29 is 10.1 Å². The van der Waals surface area contributed by atoms with E-state index in [1.165, 1.54) is 24.9 Å². The average molecular weight is 475 g/mol. The number of nitrogens with zero attached hydrogens (tertiary/aromatic N) is 5. The van der Waals surface area contributed by atoms with E-state index in [4.69, 9.17) is 4.98 Å². The van der Waals surface area contributed by atoms with E-state index in [1.807, 2.05) is 0 Å². The number of aromatic hydroxyl groups is 1. The van der Waals surface area contributed by atoms with E-state index in [0.717, 1.165) is 31.5 Å². The van der Waals surface area contributed by atoms with Gasteiger partial charge in [0.05, 0.1) is 17.5 Å². The van der Waals surface area contributed by atoms with Crippen LogP contribution in [0.2, 0.25) is 0 Å². The van der Waals surface area contributed by atoms with Crippen LogP contribution < -0.4 is 31.7 Å². The smallest absolute Gasteiger partial charge is 0.421 e. The fourth-order valence-electron chi connectivity index (χ4n) is 4.42. The third-order valence-electron chi connectivity index (χ3n) is 6.42. The largest absolute Gasteiger partial charge is 0.493 e. The molecule has 3 aromatic heterocycles. The number of hydrogen-bond acceptors (Lipinski definition) is 7. The Morgan fingerprint density at radius 3 is 2.80 bits per heavy atom. The summed E-state index contributed by atoms with van der Waals surface area (Å²) in [5.74, 6) is 0.248. The first kappa shape index (κ1) is 21.4. The molecule has 1 saturated carbocycles. The molecule has 2 fully saturated rings. The standard InChI is InChI=1S/C24H27N9O2/c34-21-19(28-24(35)30-21)12-16-14-26-33-20(16)29-22(31-23(33)27-17-7-8-17)25-13-15-5-4-6-18(11-15)32-9-2-1-3-10-32/h4-6,11-12,14,17,34H,1-3,7-10,13H2,(H,25,27,31)(H2,28,30,35)/p+1. The number of piperidine rings is 1. The quantitative estimate of drug-likeness (QED) is 0.245. The van der Waals surface area contributed by atoms with Gasteiger partial charge in [-0.15, -0.1) is 5.10 Å². The van der Waals surface area contributed by atoms with Crippen LogP contribution in [0.5, 0.6) is 5.88 Å². The molecule has 5 N–H and O–H groups in total. The highest BCUT2D eigenvalue weighted by Crippen LogP contribution is 2.21. The van der Waals surface area contributed by atoms with Crippen molar-refractivity contribution in [3.8, 4) is 5.88 Å². The predicted molar refractivity (Wildman–Crippen MR) is 130 cm³/mol. The fraction of sp³-hybridized carbons (Fsp3) is 0.375. The molecular formula is C24H28N9O2+. The molecule has 1 aromatic carbocycles. The molecule has 1 aliphatic carbocycles. The third kappa shape index (κ3) is 4.61. The lowest BCUT2D eigenvalue weighted by Gasteiger charge is -2.29. The number of rotatable bonds is 6. The molecule has 11 heteroatoms. The highest BCUT2D eigenvalue weighted by Gasteiger charge is 2.24. The number of anilines is 2. The average Bonchev–Trinajstić information content (AvgIpc) is 3.51. The Morgan fingerprint density at radius 2 is 2.03 bits per heavy atom. The second-order valence-electron chi connectivity index (χ2n) is 9.18. The third-order valence-corrected chi connectivity index (χ3v) is 6.42. The minimum absolute atomic E-state index is 0.230. The van der Waals surface area contributed by atoms with E-state index in [9.17, 15) is 9.90 Å². The summed E-state index contributed by atoms with van der Waals surface area (Å²) in [7, 11) is 0. The van der Waals surface area contributed by atoms with Crippen LogP contribution in [0.3, 0.4) is 0 Å². The molecular weight excluding hydrogens is 446 g/mol. The summed E-state index contributed by atoms with van der Waals surface area (Å²) in [5.41, 5.74) is 3.37. The van der Waals surface area contributed by atoms with E-state index >= 15 is 0 Å². The molecule has 1 saturated heterocycles. The van der Waals surface area contributed by atoms with Gasteiger partial charge in [0.15, 0.2) is 0 Å². The Balaban J connectivity index is 1.33. The first-order chi connectivity index (χ1) is 17.1. The van der Waals surface area contributed by atoms with E-state index in [-0.39, 0.29) is 11.6 Å². The van der Waals surface area contributed by atoms with Crippen LogP contribution in [0.4, 0.5) is 11.6 Å². The first-order valence-electron chi connectivity index (χ1n) is 12.1. The first-order valence-corrected chi connectivity index (χ1v) is 12.1. The number of aromatic nitrogens is 6. The van der Waals surface area contributed by atoms with E-state index in [2.05, 4.69) is 59.5 Å². The Labute approximate surface area is 200 Å². The lowest BCUT2D eigenvalue weighted by Crippen LogP contribution is -2.80. The maximum Gasteiger partial charge on any atom is 0.421 e. The Bertz CT molecular complexity index is 1540. The Morgan fingerprint density at radius 1 is 1.17 bits per heavy atom. The molecule has 1 aliphatic heterocycles. The van der Waals surface area contributed by atoms with Crippen molar-refractivity contribution in [3.05, 3.63) is 63.0 Å². The molecule has 0 unspecified atom stereocenters. The SMILES string of the molecule is O=c1[nH]c(O)c(C=c2cnn3c(=[NH+]C4CC4)nc(NCc4cccc(N5CCCCC5)c4)nc23)[nH]1. The number of aromatic amines is 2. The van der Waals surface area contributed by atoms with Crippen LogP contribution in [0, 0.1) is 0 Å². The monoisotopic (exact) mass is 474 g/mol. The highest BCUT2D eigenvalue weighted by molar-refractivity contribution is 5.57. The zero-order chi connectivity index (χ0) is 23.8. The number of H-pyrrole nitrogens is 2. The lowest BCUT2D eigenvalue weighted by atomic mass is 10.1. The molecule has 0 radical (unpaired) electrons. The van der Waals surface area contributed by atoms with Gasteiger partial charge in [-0.25, -0.2) is 4.79 Å². The maximum absolute atomic E-state index is 11.5. The molecule has 4 aromatic rings. The second-order valence-corrected chi connectivity index (χ2v) is 9.18. The molecule has 0 atom stereocenters. The van der Waals surface area contributed by atoms with Gasteiger partial charge in [0, 0.05) is 25.3 Å². The van der Waals surface area contributed by atoms with E-state index < -0.39 is 5.69 Å². The summed E-state index contributed by atoms with van der Waals surface area (Å²) in [6.45, 7) is 2.80. The number of benzene rings is 1.